The van der Waals surface area contributed by atoms with Crippen molar-refractivity contribution in [2.75, 3.05) is 0 Å². The fourth-order valence-electron chi connectivity index (χ4n) is 6.99. The SMILES string of the molecule is CCCCCC(N)CCCC(=O)[C@](CC(=O)O)(C(=O)N(ON)[C@@](Cc1ccccc1)(C(N)=O)C(=O)OC(C)(C)C)N(C(C)=O)C(=O)[C@@H](N)Cc1c[nH]c2ccccc12. The number of carbonyl (C=O) groups excluding carboxylic acids is 6. The second-order valence-corrected chi connectivity index (χ2v) is 15.5. The number of nitrogens with two attached hydrogens (primary N) is 4. The van der Waals surface area contributed by atoms with Gasteiger partial charge in [-0.3, -0.25) is 33.7 Å². The predicted molar refractivity (Wildman–Crippen MR) is 213 cm³/mol. The zero-order chi connectivity index (χ0) is 43.4. The standard InChI is InChI=1S/C41H57N7O10/c1-6-7-9-17-29(42)18-14-21-33(50)40(24-34(51)52,47(26(2)49)35(53)31(43)22-28-25-46-32-20-13-12-19-30(28)32)37(55)48(58-45)41(36(44)54,38(56)57-39(3,4)5)23-27-15-10-8-11-16-27/h8,10-13,15-16,19-20,25,29,31,46H,6-7,9,14,17-18,21-24,42-43,45H2,1-5H3,(H2,44,54)(H,51,52)/t29?,31-,40+,41-/m0/s1. The first-order chi connectivity index (χ1) is 27.3. The maximum Gasteiger partial charge on any atom is 0.345 e. The van der Waals surface area contributed by atoms with Crippen molar-refractivity contribution in [2.24, 2.45) is 23.1 Å². The van der Waals surface area contributed by atoms with Crippen molar-refractivity contribution >= 4 is 52.3 Å². The second-order valence-electron chi connectivity index (χ2n) is 15.5. The largest absolute Gasteiger partial charge is 0.481 e. The molecule has 0 aliphatic rings. The van der Waals surface area contributed by atoms with Crippen LogP contribution in [0, 0.1) is 0 Å². The van der Waals surface area contributed by atoms with Crippen LogP contribution in [0.15, 0.2) is 60.8 Å². The number of nitrogens with zero attached hydrogens (tertiary/aromatic N) is 2. The summed E-state index contributed by atoms with van der Waals surface area (Å²) in [6, 6.07) is 12.8. The lowest BCUT2D eigenvalue weighted by molar-refractivity contribution is -0.240. The number of nitrogens with one attached hydrogen (secondary N) is 1. The summed E-state index contributed by atoms with van der Waals surface area (Å²) in [6.45, 7) is 7.26. The number of H-pyrrole nitrogens is 1. The molecule has 0 bridgehead atoms. The van der Waals surface area contributed by atoms with Crippen LogP contribution in [0.2, 0.25) is 0 Å². The predicted octanol–water partition coefficient (Wildman–Crippen LogP) is 2.72. The minimum Gasteiger partial charge on any atom is -0.481 e. The summed E-state index contributed by atoms with van der Waals surface area (Å²) in [4.78, 5) is 108. The van der Waals surface area contributed by atoms with E-state index in [0.29, 0.717) is 22.9 Å². The highest BCUT2D eigenvalue weighted by atomic mass is 16.8. The Morgan fingerprint density at radius 3 is 2.07 bits per heavy atom. The van der Waals surface area contributed by atoms with Gasteiger partial charge in [0.05, 0.1) is 12.5 Å². The van der Waals surface area contributed by atoms with Crippen LogP contribution in [0.25, 0.3) is 10.9 Å². The first-order valence-electron chi connectivity index (χ1n) is 19.2. The third kappa shape index (κ3) is 10.9. The molecule has 3 rings (SSSR count). The van der Waals surface area contributed by atoms with Gasteiger partial charge in [-0.1, -0.05) is 74.7 Å². The van der Waals surface area contributed by atoms with Crippen molar-refractivity contribution in [2.45, 2.75) is 128 Å². The molecule has 4 amide bonds. The maximum atomic E-state index is 15.4. The van der Waals surface area contributed by atoms with Gasteiger partial charge in [0.25, 0.3) is 11.8 Å². The molecule has 4 atom stereocenters. The molecule has 0 saturated heterocycles. The number of primary amides is 1. The van der Waals surface area contributed by atoms with Gasteiger partial charge in [0.2, 0.25) is 17.4 Å². The second kappa shape index (κ2) is 20.3. The number of hydroxylamine groups is 2. The first kappa shape index (κ1) is 46.9. The van der Waals surface area contributed by atoms with Crippen LogP contribution in [-0.2, 0) is 56.1 Å². The Bertz CT molecular complexity index is 1950. The third-order valence-corrected chi connectivity index (χ3v) is 9.81. The number of esters is 1. The number of aromatic nitrogens is 1. The minimum atomic E-state index is -3.35. The van der Waals surface area contributed by atoms with E-state index in [9.17, 15) is 33.9 Å². The van der Waals surface area contributed by atoms with Gasteiger partial charge < -0.3 is 32.0 Å². The third-order valence-electron chi connectivity index (χ3n) is 9.81. The Labute approximate surface area is 337 Å². The van der Waals surface area contributed by atoms with Crippen LogP contribution in [0.3, 0.4) is 0 Å². The molecule has 17 heteroatoms. The van der Waals surface area contributed by atoms with Crippen molar-refractivity contribution in [3.63, 3.8) is 0 Å². The summed E-state index contributed by atoms with van der Waals surface area (Å²) in [5, 5.41) is 11.1. The Morgan fingerprint density at radius 2 is 1.50 bits per heavy atom. The van der Waals surface area contributed by atoms with Crippen molar-refractivity contribution in [1.82, 2.24) is 14.9 Å². The molecule has 17 nitrogen and oxygen atoms in total. The molecule has 0 fully saturated rings. The number of aromatic amines is 1. The van der Waals surface area contributed by atoms with E-state index in [4.69, 9.17) is 32.8 Å². The smallest absolute Gasteiger partial charge is 0.345 e. The van der Waals surface area contributed by atoms with Gasteiger partial charge in [-0.25, -0.2) is 4.79 Å². The number of carboxylic acids is 1. The monoisotopic (exact) mass is 807 g/mol. The molecule has 0 radical (unpaired) electrons. The fraction of sp³-hybridized carbons (Fsp3) is 0.488. The number of imide groups is 1. The van der Waals surface area contributed by atoms with E-state index < -0.39 is 83.3 Å². The molecule has 0 aliphatic carbocycles. The van der Waals surface area contributed by atoms with Crippen LogP contribution >= 0.6 is 0 Å². The van der Waals surface area contributed by atoms with E-state index in [-0.39, 0.29) is 40.8 Å². The summed E-state index contributed by atoms with van der Waals surface area (Å²) in [5.41, 5.74) is 12.5. The maximum absolute atomic E-state index is 15.4. The first-order valence-corrected chi connectivity index (χ1v) is 19.2. The van der Waals surface area contributed by atoms with Crippen molar-refractivity contribution in [1.29, 1.82) is 0 Å². The number of amides is 4. The van der Waals surface area contributed by atoms with Gasteiger partial charge in [-0.2, -0.15) is 15.9 Å². The number of unbranched alkanes of at least 4 members (excludes halogenated alkanes) is 2. The number of rotatable bonds is 22. The van der Waals surface area contributed by atoms with Gasteiger partial charge in [0.1, 0.15) is 5.60 Å². The van der Waals surface area contributed by atoms with Gasteiger partial charge in [-0.15, -0.1) is 0 Å². The number of carbonyl (C=O) groups is 7. The number of carboxylic acid groups (broad SMARTS) is 1. The number of ketones is 1. The molecule has 3 aromatic rings. The topological polar surface area (TPSA) is 285 Å². The normalized spacial score (nSPS) is 14.7. The average molecular weight is 808 g/mol. The molecule has 0 saturated carbocycles. The van der Waals surface area contributed by atoms with Gasteiger partial charge in [0, 0.05) is 42.9 Å². The lowest BCUT2D eigenvalue weighted by Crippen LogP contribution is -2.75. The van der Waals surface area contributed by atoms with Crippen molar-refractivity contribution in [3.05, 3.63) is 71.9 Å². The Balaban J connectivity index is 2.32. The summed E-state index contributed by atoms with van der Waals surface area (Å²) in [5.74, 6) is -4.80. The molecule has 0 spiro atoms. The molecular weight excluding hydrogens is 750 g/mol. The van der Waals surface area contributed by atoms with E-state index >= 15 is 4.79 Å². The zero-order valence-corrected chi connectivity index (χ0v) is 33.8. The molecule has 2 aromatic carbocycles. The molecule has 58 heavy (non-hydrogen) atoms. The number of hydrogen-bond donors (Lipinski definition) is 6. The van der Waals surface area contributed by atoms with E-state index in [0.717, 1.165) is 26.2 Å². The number of ether oxygens (including phenoxy) is 1. The summed E-state index contributed by atoms with van der Waals surface area (Å²) >= 11 is 0. The fourth-order valence-corrected chi connectivity index (χ4v) is 6.99. The molecule has 10 N–H and O–H groups in total. The molecule has 316 valence electrons. The van der Waals surface area contributed by atoms with Crippen LogP contribution < -0.4 is 23.1 Å². The number of benzene rings is 2. The van der Waals surface area contributed by atoms with Gasteiger partial charge in [0.15, 0.2) is 11.3 Å². The molecule has 1 aromatic heterocycles. The Kier molecular flexibility index (Phi) is 16.4. The number of hydrogen-bond acceptors (Lipinski definition) is 12. The van der Waals surface area contributed by atoms with E-state index in [1.165, 1.54) is 32.9 Å². The lowest BCUT2D eigenvalue weighted by Gasteiger charge is -2.45. The van der Waals surface area contributed by atoms with Crippen LogP contribution in [0.5, 0.6) is 0 Å². The van der Waals surface area contributed by atoms with Crippen molar-refractivity contribution < 1.29 is 48.3 Å². The number of Topliss-reactive ketones (excluding diaryl/α,β-unsaturated/α-hetero) is 1. The average Bonchev–Trinajstić information content (AvgIpc) is 3.55. The summed E-state index contributed by atoms with van der Waals surface area (Å²) in [6.07, 6.45) is 1.99. The number of para-hydroxylation sites is 1. The highest BCUT2D eigenvalue weighted by Gasteiger charge is 2.64. The highest BCUT2D eigenvalue weighted by molar-refractivity contribution is 6.21. The van der Waals surface area contributed by atoms with E-state index in [1.807, 2.05) is 6.92 Å². The summed E-state index contributed by atoms with van der Waals surface area (Å²) in [7, 11) is 0. The zero-order valence-electron chi connectivity index (χ0n) is 33.8. The van der Waals surface area contributed by atoms with Crippen LogP contribution in [-0.4, -0.2) is 90.2 Å². The lowest BCUT2D eigenvalue weighted by atomic mass is 9.80. The molecule has 0 aliphatic heterocycles. The quantitative estimate of drug-likeness (QED) is 0.0369. The van der Waals surface area contributed by atoms with Crippen LogP contribution in [0.1, 0.15) is 97.1 Å². The number of aliphatic carboxylic acids is 1. The summed E-state index contributed by atoms with van der Waals surface area (Å²) < 4.78 is 5.59. The van der Waals surface area contributed by atoms with E-state index in [1.54, 1.807) is 48.7 Å². The Morgan fingerprint density at radius 1 is 0.879 bits per heavy atom. The van der Waals surface area contributed by atoms with Crippen molar-refractivity contribution in [3.8, 4) is 0 Å². The highest BCUT2D eigenvalue weighted by Crippen LogP contribution is 2.35. The van der Waals surface area contributed by atoms with E-state index in [2.05, 4.69) is 4.98 Å². The van der Waals surface area contributed by atoms with Gasteiger partial charge in [-0.05, 0) is 63.6 Å². The number of fused-ring (bicyclic) bond motifs is 1. The Hall–Kier alpha value is -5.49. The van der Waals surface area contributed by atoms with Crippen LogP contribution in [0.4, 0.5) is 0 Å². The minimum absolute atomic E-state index is 0.0113. The molecular formula is C41H57N7O10. The molecule has 1 unspecified atom stereocenters. The van der Waals surface area contributed by atoms with Gasteiger partial charge >= 0.3 is 11.9 Å². The molecule has 1 heterocycles.